The quantitative estimate of drug-likeness (QED) is 0.398. The first-order valence-corrected chi connectivity index (χ1v) is 9.36. The summed E-state index contributed by atoms with van der Waals surface area (Å²) < 4.78 is 29.9. The van der Waals surface area contributed by atoms with Crippen molar-refractivity contribution in [1.82, 2.24) is 4.98 Å². The number of aromatic hydroxyl groups is 1. The molecule has 4 aromatic rings. The Morgan fingerprint density at radius 1 is 0.929 bits per heavy atom. The van der Waals surface area contributed by atoms with Crippen LogP contribution in [0.25, 0.3) is 10.9 Å². The number of nitrogens with one attached hydrogen (secondary N) is 1. The Kier molecular flexibility index (Phi) is 4.96. The van der Waals surface area contributed by atoms with Crippen molar-refractivity contribution in [3.05, 3.63) is 100 Å². The van der Waals surface area contributed by atoms with Gasteiger partial charge in [0.05, 0.1) is 11.6 Å². The average Bonchev–Trinajstić information content (AvgIpc) is 2.68. The molecule has 1 heterocycles. The van der Waals surface area contributed by atoms with Crippen LogP contribution in [0.3, 0.4) is 0 Å². The van der Waals surface area contributed by atoms with E-state index in [0.29, 0.717) is 21.2 Å². The maximum absolute atomic E-state index is 14.8. The van der Waals surface area contributed by atoms with Crippen molar-refractivity contribution in [1.29, 1.82) is 0 Å². The van der Waals surface area contributed by atoms with Gasteiger partial charge >= 0.3 is 0 Å². The highest BCUT2D eigenvalue weighted by atomic mass is 79.9. The van der Waals surface area contributed by atoms with E-state index in [1.54, 1.807) is 36.5 Å². The van der Waals surface area contributed by atoms with E-state index in [9.17, 15) is 13.9 Å². The molecule has 1 aromatic heterocycles. The third kappa shape index (κ3) is 3.43. The Bertz CT molecular complexity index is 1130. The highest BCUT2D eigenvalue weighted by Crippen LogP contribution is 2.38. The Hall–Kier alpha value is -2.99. The van der Waals surface area contributed by atoms with Crippen LogP contribution in [-0.4, -0.2) is 10.1 Å². The Morgan fingerprint density at radius 2 is 1.64 bits per heavy atom. The van der Waals surface area contributed by atoms with Gasteiger partial charge < -0.3 is 10.4 Å². The van der Waals surface area contributed by atoms with E-state index in [-0.39, 0.29) is 11.3 Å². The second kappa shape index (κ2) is 7.56. The van der Waals surface area contributed by atoms with E-state index in [0.717, 1.165) is 5.39 Å². The van der Waals surface area contributed by atoms with Crippen LogP contribution in [0.4, 0.5) is 14.5 Å². The summed E-state index contributed by atoms with van der Waals surface area (Å²) >= 11 is 3.11. The first-order chi connectivity index (χ1) is 13.5. The number of rotatable bonds is 4. The molecule has 0 aliphatic rings. The predicted octanol–water partition coefficient (Wildman–Crippen LogP) is 6.18. The SMILES string of the molecule is Oc1c(C(Nc2ccccc2)c2c(F)cc(Br)cc2F)ccc2cccnc12. The fraction of sp³-hybridized carbons (Fsp3) is 0.0455. The van der Waals surface area contributed by atoms with Crippen molar-refractivity contribution in [2.24, 2.45) is 0 Å². The summed E-state index contributed by atoms with van der Waals surface area (Å²) in [6.45, 7) is 0. The molecule has 28 heavy (non-hydrogen) atoms. The second-order valence-electron chi connectivity index (χ2n) is 6.31. The van der Waals surface area contributed by atoms with E-state index in [4.69, 9.17) is 0 Å². The molecular formula is C22H15BrF2N2O. The summed E-state index contributed by atoms with van der Waals surface area (Å²) in [6.07, 6.45) is 1.56. The van der Waals surface area contributed by atoms with Crippen molar-refractivity contribution >= 4 is 32.5 Å². The molecule has 0 spiro atoms. The van der Waals surface area contributed by atoms with E-state index >= 15 is 0 Å². The minimum Gasteiger partial charge on any atom is -0.505 e. The van der Waals surface area contributed by atoms with Gasteiger partial charge in [-0.05, 0) is 30.3 Å². The number of halogens is 3. The van der Waals surface area contributed by atoms with Crippen LogP contribution in [0.15, 0.2) is 77.4 Å². The standard InChI is InChI=1S/C22H15BrF2N2O/c23-14-11-17(24)19(18(25)12-14)21(27-15-6-2-1-3-7-15)16-9-8-13-5-4-10-26-20(13)22(16)28/h1-12,21,27-28H. The summed E-state index contributed by atoms with van der Waals surface area (Å²) in [6, 6.07) is 17.5. The number of benzene rings is 3. The number of hydrogen-bond donors (Lipinski definition) is 2. The van der Waals surface area contributed by atoms with Crippen LogP contribution in [-0.2, 0) is 0 Å². The lowest BCUT2D eigenvalue weighted by Gasteiger charge is -2.23. The number of anilines is 1. The first kappa shape index (κ1) is 18.4. The van der Waals surface area contributed by atoms with Gasteiger partial charge in [0.2, 0.25) is 0 Å². The number of fused-ring (bicyclic) bond motifs is 1. The third-order valence-corrected chi connectivity index (χ3v) is 4.97. The summed E-state index contributed by atoms with van der Waals surface area (Å²) in [5.74, 6) is -1.56. The van der Waals surface area contributed by atoms with Crippen LogP contribution in [0, 0.1) is 11.6 Å². The maximum atomic E-state index is 14.8. The van der Waals surface area contributed by atoms with Crippen molar-refractivity contribution in [3.8, 4) is 5.75 Å². The van der Waals surface area contributed by atoms with Gasteiger partial charge in [0.25, 0.3) is 0 Å². The lowest BCUT2D eigenvalue weighted by molar-refractivity contribution is 0.469. The number of phenolic OH excluding ortho intramolecular Hbond substituents is 1. The van der Waals surface area contributed by atoms with E-state index in [1.807, 2.05) is 24.3 Å². The van der Waals surface area contributed by atoms with Crippen molar-refractivity contribution in [2.75, 3.05) is 5.32 Å². The van der Waals surface area contributed by atoms with Crippen molar-refractivity contribution in [2.45, 2.75) is 6.04 Å². The second-order valence-corrected chi connectivity index (χ2v) is 7.22. The van der Waals surface area contributed by atoms with E-state index in [1.165, 1.54) is 12.1 Å². The Morgan fingerprint density at radius 3 is 2.36 bits per heavy atom. The van der Waals surface area contributed by atoms with Crippen molar-refractivity contribution in [3.63, 3.8) is 0 Å². The van der Waals surface area contributed by atoms with Gasteiger partial charge in [-0.1, -0.05) is 52.3 Å². The molecule has 0 saturated carbocycles. The number of nitrogens with zero attached hydrogens (tertiary/aromatic N) is 1. The molecule has 2 N–H and O–H groups in total. The van der Waals surface area contributed by atoms with Gasteiger partial charge in [-0.15, -0.1) is 0 Å². The number of para-hydroxylation sites is 1. The van der Waals surface area contributed by atoms with Crippen LogP contribution >= 0.6 is 15.9 Å². The van der Waals surface area contributed by atoms with Crippen LogP contribution < -0.4 is 5.32 Å². The summed E-state index contributed by atoms with van der Waals surface area (Å²) in [7, 11) is 0. The number of aromatic nitrogens is 1. The fourth-order valence-corrected chi connectivity index (χ4v) is 3.62. The zero-order valence-corrected chi connectivity index (χ0v) is 16.1. The molecule has 1 unspecified atom stereocenters. The van der Waals surface area contributed by atoms with Gasteiger partial charge in [-0.2, -0.15) is 0 Å². The van der Waals surface area contributed by atoms with Gasteiger partial charge in [0, 0.05) is 27.3 Å². The minimum atomic E-state index is -0.957. The number of pyridine rings is 1. The summed E-state index contributed by atoms with van der Waals surface area (Å²) in [5, 5.41) is 14.7. The summed E-state index contributed by atoms with van der Waals surface area (Å²) in [5.41, 5.74) is 1.18. The lowest BCUT2D eigenvalue weighted by Crippen LogP contribution is -2.16. The molecule has 0 fully saturated rings. The predicted molar refractivity (Wildman–Crippen MR) is 109 cm³/mol. The zero-order valence-electron chi connectivity index (χ0n) is 14.5. The lowest BCUT2D eigenvalue weighted by atomic mass is 9.95. The minimum absolute atomic E-state index is 0.117. The van der Waals surface area contributed by atoms with E-state index in [2.05, 4.69) is 26.2 Å². The van der Waals surface area contributed by atoms with E-state index < -0.39 is 17.7 Å². The molecule has 0 aliphatic heterocycles. The molecule has 3 aromatic carbocycles. The molecule has 4 rings (SSSR count). The van der Waals surface area contributed by atoms with Gasteiger partial charge in [0.15, 0.2) is 0 Å². The van der Waals surface area contributed by atoms with Crippen LogP contribution in [0.5, 0.6) is 5.75 Å². The normalized spacial score (nSPS) is 12.1. The molecule has 0 amide bonds. The molecule has 140 valence electrons. The molecule has 1 atom stereocenters. The van der Waals surface area contributed by atoms with Gasteiger partial charge in [-0.3, -0.25) is 4.98 Å². The highest BCUT2D eigenvalue weighted by molar-refractivity contribution is 9.10. The molecule has 0 aliphatic carbocycles. The molecular weight excluding hydrogens is 426 g/mol. The zero-order chi connectivity index (χ0) is 19.7. The third-order valence-electron chi connectivity index (χ3n) is 4.51. The van der Waals surface area contributed by atoms with Crippen molar-refractivity contribution < 1.29 is 13.9 Å². The number of hydrogen-bond acceptors (Lipinski definition) is 3. The van der Waals surface area contributed by atoms with Crippen LogP contribution in [0.2, 0.25) is 0 Å². The molecule has 6 heteroatoms. The van der Waals surface area contributed by atoms with Gasteiger partial charge in [-0.25, -0.2) is 8.78 Å². The Labute approximate surface area is 168 Å². The largest absolute Gasteiger partial charge is 0.505 e. The Balaban J connectivity index is 1.93. The average molecular weight is 441 g/mol. The molecule has 0 radical (unpaired) electrons. The molecule has 0 saturated heterocycles. The topological polar surface area (TPSA) is 45.1 Å². The summed E-state index contributed by atoms with van der Waals surface area (Å²) in [4.78, 5) is 4.21. The fourth-order valence-electron chi connectivity index (χ4n) is 3.21. The van der Waals surface area contributed by atoms with Gasteiger partial charge in [0.1, 0.15) is 22.9 Å². The monoisotopic (exact) mass is 440 g/mol. The first-order valence-electron chi connectivity index (χ1n) is 8.57. The molecule has 3 nitrogen and oxygen atoms in total. The number of phenols is 1. The maximum Gasteiger partial charge on any atom is 0.147 e. The highest BCUT2D eigenvalue weighted by Gasteiger charge is 2.26. The molecule has 0 bridgehead atoms. The van der Waals surface area contributed by atoms with Crippen LogP contribution in [0.1, 0.15) is 17.2 Å². The smallest absolute Gasteiger partial charge is 0.147 e.